The molecule has 0 aliphatic carbocycles. The van der Waals surface area contributed by atoms with E-state index >= 15 is 0 Å². The molecule has 0 bridgehead atoms. The minimum absolute atomic E-state index is 0.149. The minimum atomic E-state index is -0.149. The number of hydrogen-bond donors (Lipinski definition) is 0. The van der Waals surface area contributed by atoms with E-state index in [2.05, 4.69) is 9.80 Å². The maximum atomic E-state index is 13.7. The SMILES string of the molecule is Cc1ccc(N2CCC(C(=O)N3CCCCC3)CC2)cc1F. The van der Waals surface area contributed by atoms with Gasteiger partial charge in [0.15, 0.2) is 0 Å². The summed E-state index contributed by atoms with van der Waals surface area (Å²) < 4.78 is 13.7. The minimum Gasteiger partial charge on any atom is -0.371 e. The van der Waals surface area contributed by atoms with Crippen molar-refractivity contribution in [3.8, 4) is 0 Å². The second-order valence-corrected chi connectivity index (χ2v) is 6.58. The predicted molar refractivity (Wildman–Crippen MR) is 86.5 cm³/mol. The Hall–Kier alpha value is -1.58. The van der Waals surface area contributed by atoms with Crippen LogP contribution in [0, 0.1) is 18.7 Å². The number of halogens is 1. The Kier molecular flexibility index (Phi) is 4.65. The summed E-state index contributed by atoms with van der Waals surface area (Å²) in [5, 5.41) is 0. The second-order valence-electron chi connectivity index (χ2n) is 6.58. The molecule has 1 aromatic rings. The normalized spacial score (nSPS) is 20.3. The lowest BCUT2D eigenvalue weighted by molar-refractivity contribution is -0.137. The van der Waals surface area contributed by atoms with E-state index in [0.29, 0.717) is 11.5 Å². The fraction of sp³-hybridized carbons (Fsp3) is 0.611. The van der Waals surface area contributed by atoms with Crippen molar-refractivity contribution in [2.45, 2.75) is 39.0 Å². The quantitative estimate of drug-likeness (QED) is 0.836. The molecule has 0 radical (unpaired) electrons. The van der Waals surface area contributed by atoms with Gasteiger partial charge in [0.2, 0.25) is 5.91 Å². The van der Waals surface area contributed by atoms with Crippen LogP contribution in [0.2, 0.25) is 0 Å². The summed E-state index contributed by atoms with van der Waals surface area (Å²) in [6, 6.07) is 5.42. The van der Waals surface area contributed by atoms with Crippen molar-refractivity contribution in [3.63, 3.8) is 0 Å². The zero-order valence-corrected chi connectivity index (χ0v) is 13.4. The van der Waals surface area contributed by atoms with Gasteiger partial charge in [-0.2, -0.15) is 0 Å². The average Bonchev–Trinajstić information content (AvgIpc) is 2.58. The molecule has 120 valence electrons. The Morgan fingerprint density at radius 3 is 2.41 bits per heavy atom. The van der Waals surface area contributed by atoms with Gasteiger partial charge in [0.25, 0.3) is 0 Å². The zero-order chi connectivity index (χ0) is 15.5. The maximum absolute atomic E-state index is 13.7. The average molecular weight is 304 g/mol. The molecule has 0 saturated carbocycles. The summed E-state index contributed by atoms with van der Waals surface area (Å²) in [6.07, 6.45) is 5.30. The first kappa shape index (κ1) is 15.3. The first-order valence-electron chi connectivity index (χ1n) is 8.45. The molecule has 3 rings (SSSR count). The molecule has 2 fully saturated rings. The third-order valence-electron chi connectivity index (χ3n) is 5.03. The highest BCUT2D eigenvalue weighted by atomic mass is 19.1. The van der Waals surface area contributed by atoms with Crippen molar-refractivity contribution in [2.75, 3.05) is 31.1 Å². The van der Waals surface area contributed by atoms with Crippen LogP contribution < -0.4 is 4.90 Å². The highest BCUT2D eigenvalue weighted by molar-refractivity contribution is 5.79. The molecule has 1 amide bonds. The number of carbonyl (C=O) groups excluding carboxylic acids is 1. The zero-order valence-electron chi connectivity index (χ0n) is 13.4. The Morgan fingerprint density at radius 1 is 1.09 bits per heavy atom. The van der Waals surface area contributed by atoms with Crippen molar-refractivity contribution in [3.05, 3.63) is 29.6 Å². The van der Waals surface area contributed by atoms with Gasteiger partial charge in [-0.25, -0.2) is 4.39 Å². The standard InChI is InChI=1S/C18H25FN2O/c1-14-5-6-16(13-17(14)19)20-11-7-15(8-12-20)18(22)21-9-3-2-4-10-21/h5-6,13,15H,2-4,7-12H2,1H3. The highest BCUT2D eigenvalue weighted by Gasteiger charge is 2.29. The van der Waals surface area contributed by atoms with Gasteiger partial charge in [-0.15, -0.1) is 0 Å². The molecule has 2 aliphatic rings. The lowest BCUT2D eigenvalue weighted by Gasteiger charge is -2.36. The van der Waals surface area contributed by atoms with E-state index in [9.17, 15) is 9.18 Å². The first-order chi connectivity index (χ1) is 10.6. The third-order valence-corrected chi connectivity index (χ3v) is 5.03. The Labute approximate surface area is 132 Å². The summed E-state index contributed by atoms with van der Waals surface area (Å²) in [6.45, 7) is 5.33. The van der Waals surface area contributed by atoms with E-state index in [-0.39, 0.29) is 11.7 Å². The first-order valence-corrected chi connectivity index (χ1v) is 8.45. The molecular formula is C18H25FN2O. The molecule has 0 atom stereocenters. The number of aryl methyl sites for hydroxylation is 1. The number of anilines is 1. The van der Waals surface area contributed by atoms with Crippen LogP contribution >= 0.6 is 0 Å². The molecule has 2 heterocycles. The second kappa shape index (κ2) is 6.67. The molecule has 22 heavy (non-hydrogen) atoms. The molecule has 3 nitrogen and oxygen atoms in total. The summed E-state index contributed by atoms with van der Waals surface area (Å²) >= 11 is 0. The Bertz CT molecular complexity index is 532. The van der Waals surface area contributed by atoms with Gasteiger partial charge in [0, 0.05) is 37.8 Å². The van der Waals surface area contributed by atoms with Gasteiger partial charge in [0.1, 0.15) is 5.82 Å². The molecule has 2 saturated heterocycles. The maximum Gasteiger partial charge on any atom is 0.225 e. The molecular weight excluding hydrogens is 279 g/mol. The van der Waals surface area contributed by atoms with Crippen molar-refractivity contribution >= 4 is 11.6 Å². The van der Waals surface area contributed by atoms with E-state index in [4.69, 9.17) is 0 Å². The van der Waals surface area contributed by atoms with Crippen molar-refractivity contribution in [1.82, 2.24) is 4.90 Å². The number of rotatable bonds is 2. The molecule has 2 aliphatic heterocycles. The summed E-state index contributed by atoms with van der Waals surface area (Å²) in [7, 11) is 0. The topological polar surface area (TPSA) is 23.6 Å². The molecule has 0 N–H and O–H groups in total. The summed E-state index contributed by atoms with van der Waals surface area (Å²) in [5.74, 6) is 0.350. The monoisotopic (exact) mass is 304 g/mol. The lowest BCUT2D eigenvalue weighted by atomic mass is 9.94. The molecule has 0 aromatic heterocycles. The number of nitrogens with zero attached hydrogens (tertiary/aromatic N) is 2. The van der Waals surface area contributed by atoms with E-state index < -0.39 is 0 Å². The summed E-state index contributed by atoms with van der Waals surface area (Å²) in [4.78, 5) is 16.8. The van der Waals surface area contributed by atoms with E-state index in [1.54, 1.807) is 13.0 Å². The Morgan fingerprint density at radius 2 is 1.77 bits per heavy atom. The Balaban J connectivity index is 1.57. The van der Waals surface area contributed by atoms with Gasteiger partial charge in [-0.05, 0) is 56.7 Å². The largest absolute Gasteiger partial charge is 0.371 e. The van der Waals surface area contributed by atoms with Crippen LogP contribution in [0.3, 0.4) is 0 Å². The van der Waals surface area contributed by atoms with Gasteiger partial charge >= 0.3 is 0 Å². The van der Waals surface area contributed by atoms with Crippen LogP contribution in [-0.4, -0.2) is 37.0 Å². The van der Waals surface area contributed by atoms with E-state index in [1.807, 2.05) is 12.1 Å². The van der Waals surface area contributed by atoms with E-state index in [1.165, 1.54) is 6.42 Å². The third kappa shape index (κ3) is 3.26. The fourth-order valence-electron chi connectivity index (χ4n) is 3.54. The van der Waals surface area contributed by atoms with Gasteiger partial charge in [-0.1, -0.05) is 6.07 Å². The van der Waals surface area contributed by atoms with Gasteiger partial charge < -0.3 is 9.80 Å². The molecule has 0 unspecified atom stereocenters. The fourth-order valence-corrected chi connectivity index (χ4v) is 3.54. The lowest BCUT2D eigenvalue weighted by Crippen LogP contribution is -2.44. The number of benzene rings is 1. The number of carbonyl (C=O) groups is 1. The highest BCUT2D eigenvalue weighted by Crippen LogP contribution is 2.26. The summed E-state index contributed by atoms with van der Waals surface area (Å²) in [5.41, 5.74) is 1.62. The number of amides is 1. The molecule has 1 aromatic carbocycles. The van der Waals surface area contributed by atoms with E-state index in [0.717, 1.165) is 57.5 Å². The molecule has 4 heteroatoms. The van der Waals surface area contributed by atoms with Crippen molar-refractivity contribution in [1.29, 1.82) is 0 Å². The van der Waals surface area contributed by atoms with Gasteiger partial charge in [0.05, 0.1) is 0 Å². The van der Waals surface area contributed by atoms with Crippen LogP contribution in [0.15, 0.2) is 18.2 Å². The van der Waals surface area contributed by atoms with Crippen molar-refractivity contribution < 1.29 is 9.18 Å². The van der Waals surface area contributed by atoms with Crippen LogP contribution in [0.5, 0.6) is 0 Å². The number of likely N-dealkylation sites (tertiary alicyclic amines) is 1. The van der Waals surface area contributed by atoms with Crippen LogP contribution in [0.25, 0.3) is 0 Å². The number of hydrogen-bond acceptors (Lipinski definition) is 2. The molecule has 0 spiro atoms. The number of piperidine rings is 2. The smallest absolute Gasteiger partial charge is 0.225 e. The van der Waals surface area contributed by atoms with Crippen molar-refractivity contribution in [2.24, 2.45) is 5.92 Å². The van der Waals surface area contributed by atoms with Gasteiger partial charge in [-0.3, -0.25) is 4.79 Å². The van der Waals surface area contributed by atoms with Crippen LogP contribution in [-0.2, 0) is 4.79 Å². The predicted octanol–water partition coefficient (Wildman–Crippen LogP) is 3.36. The van der Waals surface area contributed by atoms with Crippen LogP contribution in [0.1, 0.15) is 37.7 Å². The van der Waals surface area contributed by atoms with Crippen LogP contribution in [0.4, 0.5) is 10.1 Å².